The Morgan fingerprint density at radius 1 is 1.29 bits per heavy atom. The van der Waals surface area contributed by atoms with Crippen LogP contribution in [0.15, 0.2) is 12.4 Å². The van der Waals surface area contributed by atoms with Gasteiger partial charge < -0.3 is 26.6 Å². The molecule has 0 bridgehead atoms. The number of halogens is 1. The Bertz CT molecular complexity index is 934. The number of Topliss-reactive ketones (excluding diaryl/α,β-unsaturated/α-hetero) is 1. The molecule has 0 spiro atoms. The van der Waals surface area contributed by atoms with Gasteiger partial charge in [0.1, 0.15) is 18.8 Å². The van der Waals surface area contributed by atoms with Crippen molar-refractivity contribution in [3.63, 3.8) is 0 Å². The number of hydrogen-bond donors (Lipinski definition) is 5. The van der Waals surface area contributed by atoms with Crippen LogP contribution < -0.4 is 21.7 Å². The first-order valence-electron chi connectivity index (χ1n) is 11.6. The first-order valence-corrected chi connectivity index (χ1v) is 11.6. The summed E-state index contributed by atoms with van der Waals surface area (Å²) in [5.74, 6) is -2.61. The molecule has 1 aromatic heterocycles. The molecule has 3 amide bonds. The molecule has 3 atom stereocenters. The van der Waals surface area contributed by atoms with E-state index < -0.39 is 48.3 Å². The average molecular weight is 495 g/mol. The van der Waals surface area contributed by atoms with Crippen LogP contribution in [0.4, 0.5) is 4.39 Å². The van der Waals surface area contributed by atoms with Crippen molar-refractivity contribution in [2.45, 2.75) is 57.7 Å². The maximum atomic E-state index is 13.4. The summed E-state index contributed by atoms with van der Waals surface area (Å²) in [5, 5.41) is 19.0. The molecule has 0 saturated carbocycles. The summed E-state index contributed by atoms with van der Waals surface area (Å²) < 4.78 is 14.6. The molecule has 0 radical (unpaired) electrons. The highest BCUT2D eigenvalue weighted by atomic mass is 19.1. The average Bonchev–Trinajstić information content (AvgIpc) is 3.47. The van der Waals surface area contributed by atoms with Gasteiger partial charge in [0.05, 0.1) is 17.8 Å². The second-order valence-corrected chi connectivity index (χ2v) is 8.93. The van der Waals surface area contributed by atoms with Crippen molar-refractivity contribution < 1.29 is 23.6 Å². The van der Waals surface area contributed by atoms with E-state index in [1.165, 1.54) is 22.0 Å². The number of likely N-dealkylation sites (tertiary alicyclic amines) is 1. The minimum atomic E-state index is -1.23. The van der Waals surface area contributed by atoms with Gasteiger partial charge in [-0.1, -0.05) is 13.8 Å². The molecule has 2 heterocycles. The highest BCUT2D eigenvalue weighted by molar-refractivity contribution is 5.99. The lowest BCUT2D eigenvalue weighted by molar-refractivity contribution is -0.141. The molecule has 0 aromatic carbocycles. The van der Waals surface area contributed by atoms with Crippen LogP contribution in [0.1, 0.15) is 49.9 Å². The second kappa shape index (κ2) is 12.8. The van der Waals surface area contributed by atoms with Gasteiger partial charge in [-0.2, -0.15) is 5.10 Å². The van der Waals surface area contributed by atoms with Gasteiger partial charge in [0.2, 0.25) is 11.8 Å². The molecule has 1 fully saturated rings. The summed E-state index contributed by atoms with van der Waals surface area (Å²) >= 11 is 0. The largest absolute Gasteiger partial charge is 0.370 e. The lowest BCUT2D eigenvalue weighted by Gasteiger charge is -2.31. The van der Waals surface area contributed by atoms with E-state index >= 15 is 0 Å². The maximum Gasteiger partial charge on any atom is 0.255 e. The van der Waals surface area contributed by atoms with Crippen LogP contribution in [0.5, 0.6) is 0 Å². The summed E-state index contributed by atoms with van der Waals surface area (Å²) in [6.07, 6.45) is 4.44. The molecule has 1 saturated heterocycles. The number of carbonyl (C=O) groups is 4. The van der Waals surface area contributed by atoms with E-state index in [1.54, 1.807) is 20.9 Å². The predicted molar refractivity (Wildman–Crippen MR) is 126 cm³/mol. The van der Waals surface area contributed by atoms with E-state index in [-0.39, 0.29) is 18.3 Å². The normalized spacial score (nSPS) is 17.1. The number of hydrogen-bond acceptors (Lipinski definition) is 6. The molecule has 1 aliphatic rings. The number of ketones is 1. The van der Waals surface area contributed by atoms with E-state index in [9.17, 15) is 23.6 Å². The maximum absolute atomic E-state index is 13.4. The molecule has 35 heavy (non-hydrogen) atoms. The molecular formula is C22H35FN8O4. The van der Waals surface area contributed by atoms with Crippen molar-refractivity contribution in [1.29, 1.82) is 5.41 Å². The molecule has 13 heteroatoms. The van der Waals surface area contributed by atoms with Gasteiger partial charge in [-0.3, -0.25) is 29.3 Å². The van der Waals surface area contributed by atoms with Gasteiger partial charge in [-0.25, -0.2) is 4.39 Å². The fourth-order valence-electron chi connectivity index (χ4n) is 3.96. The number of nitrogens with zero attached hydrogens (tertiary/aromatic N) is 3. The molecule has 194 valence electrons. The Hall–Kier alpha value is -3.51. The Labute approximate surface area is 203 Å². The van der Waals surface area contributed by atoms with Gasteiger partial charge in [-0.15, -0.1) is 0 Å². The van der Waals surface area contributed by atoms with Gasteiger partial charge in [0, 0.05) is 26.3 Å². The third-order valence-corrected chi connectivity index (χ3v) is 5.85. The van der Waals surface area contributed by atoms with Crippen molar-refractivity contribution in [2.75, 3.05) is 19.8 Å². The van der Waals surface area contributed by atoms with Gasteiger partial charge >= 0.3 is 0 Å². The Morgan fingerprint density at radius 3 is 2.57 bits per heavy atom. The molecule has 6 N–H and O–H groups in total. The zero-order valence-electron chi connectivity index (χ0n) is 20.3. The molecule has 0 unspecified atom stereocenters. The van der Waals surface area contributed by atoms with Crippen LogP contribution in [-0.4, -0.2) is 82.0 Å². The van der Waals surface area contributed by atoms with Crippen LogP contribution >= 0.6 is 0 Å². The van der Waals surface area contributed by atoms with Crippen molar-refractivity contribution in [2.24, 2.45) is 18.7 Å². The summed E-state index contributed by atoms with van der Waals surface area (Å²) in [5.41, 5.74) is 5.53. The zero-order chi connectivity index (χ0) is 26.1. The fourth-order valence-corrected chi connectivity index (χ4v) is 3.96. The Balaban J connectivity index is 2.07. The Kier molecular flexibility index (Phi) is 10.2. The minimum Gasteiger partial charge on any atom is -0.370 e. The van der Waals surface area contributed by atoms with Crippen molar-refractivity contribution in [3.05, 3.63) is 18.0 Å². The van der Waals surface area contributed by atoms with Gasteiger partial charge in [0.15, 0.2) is 11.7 Å². The third-order valence-electron chi connectivity index (χ3n) is 5.85. The number of guanidine groups is 1. The van der Waals surface area contributed by atoms with Crippen molar-refractivity contribution in [3.8, 4) is 0 Å². The number of rotatable bonds is 12. The topological polar surface area (TPSA) is 175 Å². The lowest BCUT2D eigenvalue weighted by Crippen LogP contribution is -2.56. The van der Waals surface area contributed by atoms with Crippen LogP contribution in [0.2, 0.25) is 0 Å². The summed E-state index contributed by atoms with van der Waals surface area (Å²) in [6.45, 7) is 2.98. The molecule has 2 rings (SSSR count). The van der Waals surface area contributed by atoms with Crippen LogP contribution in [-0.2, 0) is 21.4 Å². The lowest BCUT2D eigenvalue weighted by atomic mass is 10.0. The number of amides is 3. The summed E-state index contributed by atoms with van der Waals surface area (Å²) in [4.78, 5) is 52.5. The Morgan fingerprint density at radius 2 is 2.00 bits per heavy atom. The summed E-state index contributed by atoms with van der Waals surface area (Å²) in [6, 6.07) is -2.74. The van der Waals surface area contributed by atoms with Crippen LogP contribution in [0.3, 0.4) is 0 Å². The number of aryl methyl sites for hydroxylation is 1. The van der Waals surface area contributed by atoms with E-state index in [2.05, 4.69) is 21.0 Å². The standard InChI is InChI=1S/C22H35FN8O4/c1-13(2)18(29-19(33)14-11-27-30(3)12-14)21(35)31-9-5-7-16(31)20(34)28-15(17(32)10-23)6-4-8-26-22(24)25/h11-13,15-16,18H,4-10H2,1-3H3,(H,28,34)(H,29,33)(H4,24,25,26)/t15-,16-,18-/m0/s1. The van der Waals surface area contributed by atoms with E-state index in [0.29, 0.717) is 37.9 Å². The number of carbonyl (C=O) groups excluding carboxylic acids is 4. The first kappa shape index (κ1) is 27.7. The van der Waals surface area contributed by atoms with Crippen molar-refractivity contribution in [1.82, 2.24) is 30.6 Å². The molecule has 1 aliphatic heterocycles. The van der Waals surface area contributed by atoms with Crippen molar-refractivity contribution >= 4 is 29.5 Å². The van der Waals surface area contributed by atoms with Crippen LogP contribution in [0.25, 0.3) is 0 Å². The van der Waals surface area contributed by atoms with E-state index in [1.807, 2.05) is 0 Å². The quantitative estimate of drug-likeness (QED) is 0.147. The number of nitrogens with one attached hydrogen (secondary N) is 4. The predicted octanol–water partition coefficient (Wildman–Crippen LogP) is -0.548. The molecule has 0 aliphatic carbocycles. The highest BCUT2D eigenvalue weighted by Gasteiger charge is 2.39. The number of nitrogens with two attached hydrogens (primary N) is 1. The first-order chi connectivity index (χ1) is 16.5. The van der Waals surface area contributed by atoms with E-state index in [4.69, 9.17) is 11.1 Å². The molecular weight excluding hydrogens is 459 g/mol. The minimum absolute atomic E-state index is 0.158. The molecule has 1 aromatic rings. The highest BCUT2D eigenvalue weighted by Crippen LogP contribution is 2.21. The second-order valence-electron chi connectivity index (χ2n) is 8.93. The van der Waals surface area contributed by atoms with Gasteiger partial charge in [0.25, 0.3) is 5.91 Å². The fraction of sp³-hybridized carbons (Fsp3) is 0.636. The zero-order valence-corrected chi connectivity index (χ0v) is 20.3. The third kappa shape index (κ3) is 7.76. The number of aromatic nitrogens is 2. The van der Waals surface area contributed by atoms with Crippen LogP contribution in [0, 0.1) is 11.3 Å². The SMILES string of the molecule is CC(C)[C@H](NC(=O)c1cnn(C)c1)C(=O)N1CCC[C@H]1C(=O)N[C@@H](CCCNC(=N)N)C(=O)CF. The number of alkyl halides is 1. The summed E-state index contributed by atoms with van der Waals surface area (Å²) in [7, 11) is 1.68. The van der Waals surface area contributed by atoms with Gasteiger partial charge in [-0.05, 0) is 31.6 Å². The van der Waals surface area contributed by atoms with E-state index in [0.717, 1.165) is 0 Å². The smallest absolute Gasteiger partial charge is 0.255 e. The monoisotopic (exact) mass is 494 g/mol. The molecule has 12 nitrogen and oxygen atoms in total.